The third kappa shape index (κ3) is 4.44. The van der Waals surface area contributed by atoms with E-state index in [1.165, 1.54) is 11.3 Å². The summed E-state index contributed by atoms with van der Waals surface area (Å²) in [6.45, 7) is 0.479. The van der Waals surface area contributed by atoms with Gasteiger partial charge in [-0.05, 0) is 35.7 Å². The first-order valence-electron chi connectivity index (χ1n) is 10.9. The number of amides is 2. The molecule has 2 aliphatic rings. The number of hydrogen-bond donors (Lipinski definition) is 1. The van der Waals surface area contributed by atoms with Crippen LogP contribution < -0.4 is 5.32 Å². The van der Waals surface area contributed by atoms with E-state index in [0.717, 1.165) is 16.0 Å². The van der Waals surface area contributed by atoms with Crippen molar-refractivity contribution in [3.63, 3.8) is 0 Å². The summed E-state index contributed by atoms with van der Waals surface area (Å²) in [5, 5.41) is 2.92. The van der Waals surface area contributed by atoms with Crippen LogP contribution >= 0.6 is 11.3 Å². The molecular weight excluding hydrogens is 438 g/mol. The molecule has 7 nitrogen and oxygen atoms in total. The number of ketones is 1. The Morgan fingerprint density at radius 2 is 2.00 bits per heavy atom. The van der Waals surface area contributed by atoms with Crippen LogP contribution in [0.4, 0.5) is 0 Å². The fourth-order valence-corrected chi connectivity index (χ4v) is 5.36. The monoisotopic (exact) mass is 461 g/mol. The number of Topliss-reactive ketones (excluding diaryl/α,β-unsaturated/α-hetero) is 1. The van der Waals surface area contributed by atoms with E-state index >= 15 is 0 Å². The molecule has 2 fully saturated rings. The van der Waals surface area contributed by atoms with Gasteiger partial charge < -0.3 is 15.0 Å². The van der Waals surface area contributed by atoms with Crippen molar-refractivity contribution in [2.45, 2.75) is 31.0 Å². The molecule has 33 heavy (non-hydrogen) atoms. The summed E-state index contributed by atoms with van der Waals surface area (Å²) in [6.07, 6.45) is 4.01. The van der Waals surface area contributed by atoms with E-state index in [-0.39, 0.29) is 36.7 Å². The van der Waals surface area contributed by atoms with Gasteiger partial charge in [-0.1, -0.05) is 36.4 Å². The molecule has 168 valence electrons. The number of benzene rings is 1. The molecular formula is C25H23N3O4S. The second-order valence-corrected chi connectivity index (χ2v) is 9.29. The Morgan fingerprint density at radius 3 is 2.79 bits per heavy atom. The number of likely N-dealkylation sites (tertiary alicyclic amines) is 1. The van der Waals surface area contributed by atoms with Crippen molar-refractivity contribution in [3.05, 3.63) is 77.4 Å². The third-order valence-electron chi connectivity index (χ3n) is 6.05. The van der Waals surface area contributed by atoms with Gasteiger partial charge in [0, 0.05) is 30.2 Å². The molecule has 3 unspecified atom stereocenters. The Morgan fingerprint density at radius 1 is 1.15 bits per heavy atom. The average Bonchev–Trinajstić information content (AvgIpc) is 3.58. The van der Waals surface area contributed by atoms with Gasteiger partial charge in [0.25, 0.3) is 5.91 Å². The van der Waals surface area contributed by atoms with E-state index in [2.05, 4.69) is 10.3 Å². The van der Waals surface area contributed by atoms with Gasteiger partial charge in [0.1, 0.15) is 18.7 Å². The van der Waals surface area contributed by atoms with Crippen molar-refractivity contribution in [1.82, 2.24) is 15.2 Å². The second-order valence-electron chi connectivity index (χ2n) is 8.20. The molecule has 0 saturated carbocycles. The number of hydrogen-bond acceptors (Lipinski definition) is 6. The van der Waals surface area contributed by atoms with Crippen LogP contribution in [-0.2, 0) is 20.7 Å². The Bertz CT molecular complexity index is 1160. The fraction of sp³-hybridized carbons (Fsp3) is 0.280. The van der Waals surface area contributed by atoms with E-state index in [0.29, 0.717) is 17.8 Å². The zero-order valence-electron chi connectivity index (χ0n) is 17.8. The minimum atomic E-state index is -0.809. The highest BCUT2D eigenvalue weighted by Gasteiger charge is 2.48. The molecule has 3 aromatic rings. The Kier molecular flexibility index (Phi) is 6.02. The predicted octanol–water partition coefficient (Wildman–Crippen LogP) is 2.72. The molecule has 2 saturated heterocycles. The van der Waals surface area contributed by atoms with Crippen LogP contribution in [-0.4, -0.2) is 58.8 Å². The van der Waals surface area contributed by atoms with Crippen LogP contribution in [0.2, 0.25) is 0 Å². The van der Waals surface area contributed by atoms with E-state index in [9.17, 15) is 14.4 Å². The predicted molar refractivity (Wildman–Crippen MR) is 124 cm³/mol. The van der Waals surface area contributed by atoms with Gasteiger partial charge in [0.2, 0.25) is 5.91 Å². The van der Waals surface area contributed by atoms with Gasteiger partial charge in [0.15, 0.2) is 5.78 Å². The summed E-state index contributed by atoms with van der Waals surface area (Å²) < 4.78 is 5.52. The lowest BCUT2D eigenvalue weighted by Crippen LogP contribution is -2.53. The van der Waals surface area contributed by atoms with E-state index in [1.807, 2.05) is 42.5 Å². The zero-order valence-corrected chi connectivity index (χ0v) is 18.7. The fourth-order valence-electron chi connectivity index (χ4n) is 4.44. The van der Waals surface area contributed by atoms with Gasteiger partial charge in [0.05, 0.1) is 11.0 Å². The minimum absolute atomic E-state index is 0.0379. The SMILES string of the molecule is O=C(NC(Cc1cccnc1)C(=O)N1CCC2OCC(=O)C21)c1ccc(-c2ccccc2)s1. The normalized spacial score (nSPS) is 20.5. The maximum Gasteiger partial charge on any atom is 0.262 e. The van der Waals surface area contributed by atoms with Gasteiger partial charge in [-0.2, -0.15) is 0 Å². The van der Waals surface area contributed by atoms with Crippen molar-refractivity contribution in [3.8, 4) is 10.4 Å². The van der Waals surface area contributed by atoms with Gasteiger partial charge in [-0.3, -0.25) is 19.4 Å². The minimum Gasteiger partial charge on any atom is -0.368 e. The molecule has 0 bridgehead atoms. The molecule has 4 heterocycles. The van der Waals surface area contributed by atoms with E-state index in [4.69, 9.17) is 4.74 Å². The Hall–Kier alpha value is -3.36. The molecule has 2 aromatic heterocycles. The highest BCUT2D eigenvalue weighted by atomic mass is 32.1. The summed E-state index contributed by atoms with van der Waals surface area (Å²) in [6, 6.07) is 15.8. The zero-order chi connectivity index (χ0) is 22.8. The number of nitrogens with zero attached hydrogens (tertiary/aromatic N) is 2. The standard InChI is InChI=1S/C25H23N3O4S/c29-19-15-32-20-10-12-28(23(19)20)25(31)18(13-16-5-4-11-26-14-16)27-24(30)22-9-8-21(33-22)17-6-2-1-3-7-17/h1-9,11,14,18,20,23H,10,12-13,15H2,(H,27,30). The number of ether oxygens (including phenoxy) is 1. The van der Waals surface area contributed by atoms with Crippen LogP contribution in [0.15, 0.2) is 67.0 Å². The highest BCUT2D eigenvalue weighted by Crippen LogP contribution is 2.29. The first-order valence-corrected chi connectivity index (χ1v) is 11.7. The quantitative estimate of drug-likeness (QED) is 0.610. The lowest BCUT2D eigenvalue weighted by molar-refractivity contribution is -0.138. The summed E-state index contributed by atoms with van der Waals surface area (Å²) in [5.74, 6) is -0.657. The van der Waals surface area contributed by atoms with Crippen LogP contribution in [0, 0.1) is 0 Å². The number of rotatable bonds is 6. The van der Waals surface area contributed by atoms with E-state index < -0.39 is 12.1 Å². The number of aromatic nitrogens is 1. The number of pyridine rings is 1. The number of carbonyl (C=O) groups is 3. The van der Waals surface area contributed by atoms with Crippen LogP contribution in [0.1, 0.15) is 21.7 Å². The van der Waals surface area contributed by atoms with Crippen LogP contribution in [0.3, 0.4) is 0 Å². The summed E-state index contributed by atoms with van der Waals surface area (Å²) in [4.78, 5) is 46.2. The van der Waals surface area contributed by atoms with Crippen molar-refractivity contribution in [2.75, 3.05) is 13.2 Å². The molecule has 0 aliphatic carbocycles. The molecule has 1 N–H and O–H groups in total. The smallest absolute Gasteiger partial charge is 0.262 e. The number of carbonyl (C=O) groups excluding carboxylic acids is 3. The van der Waals surface area contributed by atoms with Crippen molar-refractivity contribution < 1.29 is 19.1 Å². The molecule has 3 atom stereocenters. The summed E-state index contributed by atoms with van der Waals surface area (Å²) in [5.41, 5.74) is 1.87. The number of thiophene rings is 1. The largest absolute Gasteiger partial charge is 0.368 e. The van der Waals surface area contributed by atoms with Crippen LogP contribution in [0.25, 0.3) is 10.4 Å². The molecule has 0 radical (unpaired) electrons. The number of fused-ring (bicyclic) bond motifs is 1. The van der Waals surface area contributed by atoms with E-state index in [1.54, 1.807) is 29.4 Å². The molecule has 2 amide bonds. The maximum atomic E-state index is 13.5. The van der Waals surface area contributed by atoms with Crippen LogP contribution in [0.5, 0.6) is 0 Å². The third-order valence-corrected chi connectivity index (χ3v) is 7.18. The summed E-state index contributed by atoms with van der Waals surface area (Å²) >= 11 is 1.38. The first kappa shape index (κ1) is 21.5. The van der Waals surface area contributed by atoms with Crippen molar-refractivity contribution >= 4 is 28.9 Å². The maximum absolute atomic E-state index is 13.5. The highest BCUT2D eigenvalue weighted by molar-refractivity contribution is 7.17. The first-order chi connectivity index (χ1) is 16.1. The Balaban J connectivity index is 1.37. The lowest BCUT2D eigenvalue weighted by Gasteiger charge is -2.27. The number of nitrogens with one attached hydrogen (secondary N) is 1. The molecule has 5 rings (SSSR count). The molecule has 8 heteroatoms. The molecule has 2 aliphatic heterocycles. The van der Waals surface area contributed by atoms with Gasteiger partial charge in [-0.15, -0.1) is 11.3 Å². The Labute approximate surface area is 195 Å². The second kappa shape index (κ2) is 9.25. The lowest BCUT2D eigenvalue weighted by atomic mass is 10.0. The molecule has 1 aromatic carbocycles. The summed E-state index contributed by atoms with van der Waals surface area (Å²) in [7, 11) is 0. The van der Waals surface area contributed by atoms with Gasteiger partial charge in [-0.25, -0.2) is 0 Å². The van der Waals surface area contributed by atoms with Crippen molar-refractivity contribution in [1.29, 1.82) is 0 Å². The molecule has 0 spiro atoms. The average molecular weight is 462 g/mol. The van der Waals surface area contributed by atoms with Crippen molar-refractivity contribution in [2.24, 2.45) is 0 Å². The van der Waals surface area contributed by atoms with Gasteiger partial charge >= 0.3 is 0 Å². The topological polar surface area (TPSA) is 88.6 Å².